The number of H-pyrrole nitrogens is 1. The predicted molar refractivity (Wildman–Crippen MR) is 66.8 cm³/mol. The van der Waals surface area contributed by atoms with Crippen LogP contribution in [0.2, 0.25) is 0 Å². The van der Waals surface area contributed by atoms with Gasteiger partial charge in [-0.05, 0) is 43.5 Å². The summed E-state index contributed by atoms with van der Waals surface area (Å²) in [6.45, 7) is 2.10. The summed E-state index contributed by atoms with van der Waals surface area (Å²) in [5.74, 6) is 1.52. The van der Waals surface area contributed by atoms with E-state index in [-0.39, 0.29) is 0 Å². The predicted octanol–water partition coefficient (Wildman–Crippen LogP) is 2.37. The van der Waals surface area contributed by atoms with E-state index < -0.39 is 0 Å². The molecule has 1 aromatic heterocycles. The van der Waals surface area contributed by atoms with Gasteiger partial charge in [0.25, 0.3) is 0 Å². The number of nitrogens with zero attached hydrogens (tertiary/aromatic N) is 1. The Morgan fingerprint density at radius 2 is 2.29 bits per heavy atom. The number of nitrogen functional groups attached to an aromatic ring is 1. The Morgan fingerprint density at radius 3 is 3.06 bits per heavy atom. The van der Waals surface area contributed by atoms with Crippen LogP contribution in [0.4, 0.5) is 5.82 Å². The molecule has 0 saturated carbocycles. The van der Waals surface area contributed by atoms with Gasteiger partial charge in [-0.2, -0.15) is 5.10 Å². The average molecular weight is 229 g/mol. The number of aryl methyl sites for hydroxylation is 1. The zero-order valence-corrected chi connectivity index (χ0v) is 9.73. The second kappa shape index (κ2) is 3.80. The minimum absolute atomic E-state index is 0.316. The van der Waals surface area contributed by atoms with Crippen LogP contribution in [-0.2, 0) is 6.42 Å². The summed E-state index contributed by atoms with van der Waals surface area (Å²) < 4.78 is 5.78. The Morgan fingerprint density at radius 1 is 1.41 bits per heavy atom. The lowest BCUT2D eigenvalue weighted by Crippen LogP contribution is -2.18. The van der Waals surface area contributed by atoms with Crippen LogP contribution in [0, 0.1) is 0 Å². The van der Waals surface area contributed by atoms with Gasteiger partial charge in [0.2, 0.25) is 0 Å². The molecule has 0 spiro atoms. The number of benzene rings is 1. The minimum atomic E-state index is 0.316. The molecule has 1 aromatic carbocycles. The third kappa shape index (κ3) is 1.86. The van der Waals surface area contributed by atoms with E-state index in [0.717, 1.165) is 29.8 Å². The quantitative estimate of drug-likeness (QED) is 0.789. The summed E-state index contributed by atoms with van der Waals surface area (Å²) in [7, 11) is 0. The molecule has 88 valence electrons. The van der Waals surface area contributed by atoms with Crippen LogP contribution in [-0.4, -0.2) is 16.3 Å². The van der Waals surface area contributed by atoms with Gasteiger partial charge in [-0.3, -0.25) is 5.10 Å². The van der Waals surface area contributed by atoms with Crippen molar-refractivity contribution in [3.05, 3.63) is 29.8 Å². The Kier molecular flexibility index (Phi) is 2.28. The van der Waals surface area contributed by atoms with Gasteiger partial charge in [-0.25, -0.2) is 0 Å². The van der Waals surface area contributed by atoms with Crippen LogP contribution in [0.15, 0.2) is 24.3 Å². The zero-order valence-electron chi connectivity index (χ0n) is 9.73. The standard InChI is InChI=1S/C13H15N3O/c1-8-2-3-10-6-9(4-5-12(10)17-8)11-7-13(14)16-15-11/h4-8H,2-3H2,1H3,(H3,14,15,16). The molecule has 2 heterocycles. The van der Waals surface area contributed by atoms with Crippen LogP contribution in [0.25, 0.3) is 11.3 Å². The fourth-order valence-electron chi connectivity index (χ4n) is 2.18. The van der Waals surface area contributed by atoms with Crippen molar-refractivity contribution >= 4 is 5.82 Å². The van der Waals surface area contributed by atoms with Gasteiger partial charge in [0, 0.05) is 11.6 Å². The third-order valence-electron chi connectivity index (χ3n) is 3.12. The first kappa shape index (κ1) is 10.2. The van der Waals surface area contributed by atoms with Crippen LogP contribution >= 0.6 is 0 Å². The van der Waals surface area contributed by atoms with E-state index in [1.54, 1.807) is 0 Å². The molecule has 1 aliphatic rings. The summed E-state index contributed by atoms with van der Waals surface area (Å²) in [4.78, 5) is 0. The zero-order chi connectivity index (χ0) is 11.8. The van der Waals surface area contributed by atoms with Gasteiger partial charge in [0.1, 0.15) is 11.6 Å². The molecule has 0 fully saturated rings. The molecular formula is C13H15N3O. The van der Waals surface area contributed by atoms with Crippen LogP contribution in [0.3, 0.4) is 0 Å². The molecule has 0 radical (unpaired) electrons. The second-order valence-corrected chi connectivity index (χ2v) is 4.50. The molecule has 3 rings (SSSR count). The first-order valence-corrected chi connectivity index (χ1v) is 5.83. The number of nitrogens with one attached hydrogen (secondary N) is 1. The topological polar surface area (TPSA) is 63.9 Å². The number of aromatic nitrogens is 2. The Bertz CT molecular complexity index is 547. The van der Waals surface area contributed by atoms with Gasteiger partial charge < -0.3 is 10.5 Å². The van der Waals surface area contributed by atoms with Gasteiger partial charge in [0.05, 0.1) is 11.8 Å². The Labute approximate surface area is 99.8 Å². The van der Waals surface area contributed by atoms with E-state index in [2.05, 4.69) is 23.2 Å². The van der Waals surface area contributed by atoms with Crippen molar-refractivity contribution in [1.82, 2.24) is 10.2 Å². The number of anilines is 1. The lowest BCUT2D eigenvalue weighted by atomic mass is 9.99. The fraction of sp³-hybridized carbons (Fsp3) is 0.308. The van der Waals surface area contributed by atoms with Crippen molar-refractivity contribution in [3.8, 4) is 17.0 Å². The fourth-order valence-corrected chi connectivity index (χ4v) is 2.18. The number of fused-ring (bicyclic) bond motifs is 1. The molecule has 17 heavy (non-hydrogen) atoms. The van der Waals surface area contributed by atoms with Gasteiger partial charge >= 0.3 is 0 Å². The number of rotatable bonds is 1. The third-order valence-corrected chi connectivity index (χ3v) is 3.12. The van der Waals surface area contributed by atoms with Crippen LogP contribution in [0.5, 0.6) is 5.75 Å². The molecule has 0 bridgehead atoms. The molecular weight excluding hydrogens is 214 g/mol. The SMILES string of the molecule is CC1CCc2cc(-c3cc(N)n[nH]3)ccc2O1. The number of hydrogen-bond donors (Lipinski definition) is 2. The van der Waals surface area contributed by atoms with Gasteiger partial charge in [-0.15, -0.1) is 0 Å². The van der Waals surface area contributed by atoms with Gasteiger partial charge in [-0.1, -0.05) is 0 Å². The highest BCUT2D eigenvalue weighted by atomic mass is 16.5. The lowest BCUT2D eigenvalue weighted by Gasteiger charge is -2.23. The first-order valence-electron chi connectivity index (χ1n) is 5.83. The molecule has 1 atom stereocenters. The maximum atomic E-state index is 5.78. The minimum Gasteiger partial charge on any atom is -0.490 e. The highest BCUT2D eigenvalue weighted by molar-refractivity contribution is 5.64. The number of hydrogen-bond acceptors (Lipinski definition) is 3. The highest BCUT2D eigenvalue weighted by Crippen LogP contribution is 2.31. The average Bonchev–Trinajstić information content (AvgIpc) is 2.75. The Balaban J connectivity index is 1.98. The maximum absolute atomic E-state index is 5.78. The van der Waals surface area contributed by atoms with E-state index in [4.69, 9.17) is 10.5 Å². The van der Waals surface area contributed by atoms with E-state index in [1.165, 1.54) is 5.56 Å². The molecule has 4 nitrogen and oxygen atoms in total. The number of aromatic amines is 1. The summed E-state index contributed by atoms with van der Waals surface area (Å²) in [6.07, 6.45) is 2.45. The molecule has 0 amide bonds. The van der Waals surface area contributed by atoms with E-state index in [0.29, 0.717) is 11.9 Å². The summed E-state index contributed by atoms with van der Waals surface area (Å²) >= 11 is 0. The van der Waals surface area contributed by atoms with Crippen molar-refractivity contribution in [3.63, 3.8) is 0 Å². The largest absolute Gasteiger partial charge is 0.490 e. The molecule has 4 heteroatoms. The van der Waals surface area contributed by atoms with E-state index in [1.807, 2.05) is 18.2 Å². The summed E-state index contributed by atoms with van der Waals surface area (Å²) in [5, 5.41) is 6.86. The molecule has 3 N–H and O–H groups in total. The van der Waals surface area contributed by atoms with Crippen molar-refractivity contribution in [1.29, 1.82) is 0 Å². The normalized spacial score (nSPS) is 18.5. The lowest BCUT2D eigenvalue weighted by molar-refractivity contribution is 0.192. The molecule has 0 aliphatic carbocycles. The van der Waals surface area contributed by atoms with Crippen molar-refractivity contribution in [2.45, 2.75) is 25.9 Å². The second-order valence-electron chi connectivity index (χ2n) is 4.50. The van der Waals surface area contributed by atoms with E-state index in [9.17, 15) is 0 Å². The smallest absolute Gasteiger partial charge is 0.145 e. The van der Waals surface area contributed by atoms with Crippen LogP contribution in [0.1, 0.15) is 18.9 Å². The molecule has 0 saturated heterocycles. The molecule has 1 aliphatic heterocycles. The monoisotopic (exact) mass is 229 g/mol. The summed E-state index contributed by atoms with van der Waals surface area (Å²) in [5.41, 5.74) is 8.91. The van der Waals surface area contributed by atoms with Gasteiger partial charge in [0.15, 0.2) is 0 Å². The number of nitrogens with two attached hydrogens (primary N) is 1. The summed E-state index contributed by atoms with van der Waals surface area (Å²) in [6, 6.07) is 8.05. The molecule has 1 unspecified atom stereocenters. The maximum Gasteiger partial charge on any atom is 0.145 e. The van der Waals surface area contributed by atoms with Crippen LogP contribution < -0.4 is 10.5 Å². The first-order chi connectivity index (χ1) is 8.22. The highest BCUT2D eigenvalue weighted by Gasteiger charge is 2.16. The van der Waals surface area contributed by atoms with Crippen molar-refractivity contribution in [2.75, 3.05) is 5.73 Å². The van der Waals surface area contributed by atoms with E-state index >= 15 is 0 Å². The Hall–Kier alpha value is -1.97. The van der Waals surface area contributed by atoms with Crippen molar-refractivity contribution < 1.29 is 4.74 Å². The number of ether oxygens (including phenoxy) is 1. The van der Waals surface area contributed by atoms with Crippen molar-refractivity contribution in [2.24, 2.45) is 0 Å². The molecule has 2 aromatic rings.